The number of allylic oxidation sites excluding steroid dienone is 7. The number of nitrogens with one attached hydrogen (secondary N) is 1. The molecule has 0 fully saturated rings. The summed E-state index contributed by atoms with van der Waals surface area (Å²) in [7, 11) is 0. The van der Waals surface area contributed by atoms with E-state index >= 15 is 0 Å². The Morgan fingerprint density at radius 2 is 1.46 bits per heavy atom. The molecule has 0 aromatic heterocycles. The number of hydrogen-bond donors (Lipinski definition) is 3. The second-order valence-corrected chi connectivity index (χ2v) is 11.5. The maximum Gasteiger partial charge on any atom is 0.196 e. The number of anilines is 1. The third-order valence-corrected chi connectivity index (χ3v) is 8.39. The first-order chi connectivity index (χ1) is 22.7. The van der Waals surface area contributed by atoms with Gasteiger partial charge in [0.05, 0.1) is 5.69 Å². The Morgan fingerprint density at radius 1 is 0.717 bits per heavy atom. The van der Waals surface area contributed by atoms with Gasteiger partial charge in [-0.3, -0.25) is 11.7 Å². The second kappa shape index (κ2) is 14.1. The van der Waals surface area contributed by atoms with Gasteiger partial charge in [-0.05, 0) is 51.9 Å². The standard InChI is InChI=1S/C22H17NO.C20H18.H4N2/c1-14-7-11-18-17(13-14)9-8-15-10-12-19-21(20(15)18)24-22(23-19)16-5-3-2-4-6-16;1-2-3-4-5-6-11-18-15-20(18)19-13-12-16-9-7-8-10-17(16)14-19;1-2/h2-13,22-23H,1H3;2-10,12-15,20H,1,11H2;1-2H2/b;4-3-,6-5-;. The van der Waals surface area contributed by atoms with E-state index in [1.165, 1.54) is 49.0 Å². The highest BCUT2D eigenvalue weighted by Gasteiger charge is 2.26. The van der Waals surface area contributed by atoms with Crippen molar-refractivity contribution in [1.82, 2.24) is 0 Å². The number of ether oxygens (including phenoxy) is 1. The first-order valence-electron chi connectivity index (χ1n) is 15.6. The Kier molecular flexibility index (Phi) is 9.40. The number of hydrogen-bond acceptors (Lipinski definition) is 4. The molecule has 1 heterocycles. The van der Waals surface area contributed by atoms with Crippen LogP contribution in [0.3, 0.4) is 0 Å². The minimum absolute atomic E-state index is 0.132. The van der Waals surface area contributed by atoms with Gasteiger partial charge in [-0.2, -0.15) is 0 Å². The highest BCUT2D eigenvalue weighted by atomic mass is 16.5. The first kappa shape index (κ1) is 30.6. The van der Waals surface area contributed by atoms with Gasteiger partial charge >= 0.3 is 0 Å². The van der Waals surface area contributed by atoms with Crippen LogP contribution >= 0.6 is 0 Å². The number of benzene rings is 6. The third-order valence-electron chi connectivity index (χ3n) is 8.39. The molecule has 5 N–H and O–H groups in total. The Balaban J connectivity index is 0.000000156. The lowest BCUT2D eigenvalue weighted by atomic mass is 9.99. The second-order valence-electron chi connectivity index (χ2n) is 11.5. The molecule has 4 heteroatoms. The predicted molar refractivity (Wildman–Crippen MR) is 196 cm³/mol. The zero-order chi connectivity index (χ0) is 31.9. The predicted octanol–water partition coefficient (Wildman–Crippen LogP) is 10.2. The minimum Gasteiger partial charge on any atom is -0.464 e. The monoisotopic (exact) mass is 601 g/mol. The van der Waals surface area contributed by atoms with Gasteiger partial charge in [-0.1, -0.05) is 163 Å². The smallest absolute Gasteiger partial charge is 0.196 e. The average molecular weight is 602 g/mol. The average Bonchev–Trinajstić information content (AvgIpc) is 3.75. The Morgan fingerprint density at radius 3 is 2.28 bits per heavy atom. The van der Waals surface area contributed by atoms with E-state index in [1.54, 1.807) is 6.08 Å². The highest BCUT2D eigenvalue weighted by molar-refractivity contribution is 6.13. The van der Waals surface area contributed by atoms with E-state index in [0.29, 0.717) is 5.92 Å². The van der Waals surface area contributed by atoms with Crippen molar-refractivity contribution in [2.24, 2.45) is 11.7 Å². The summed E-state index contributed by atoms with van der Waals surface area (Å²) >= 11 is 0. The Labute approximate surface area is 271 Å². The van der Waals surface area contributed by atoms with Crippen molar-refractivity contribution >= 4 is 38.0 Å². The maximum absolute atomic E-state index is 6.33. The molecule has 0 amide bonds. The van der Waals surface area contributed by atoms with E-state index in [0.717, 1.165) is 23.4 Å². The first-order valence-corrected chi connectivity index (χ1v) is 15.6. The van der Waals surface area contributed by atoms with Crippen LogP contribution in [0.4, 0.5) is 5.69 Å². The number of nitrogens with two attached hydrogens (primary N) is 2. The lowest BCUT2D eigenvalue weighted by molar-refractivity contribution is 0.263. The van der Waals surface area contributed by atoms with E-state index < -0.39 is 0 Å². The van der Waals surface area contributed by atoms with E-state index in [-0.39, 0.29) is 6.23 Å². The molecule has 0 saturated heterocycles. The molecule has 6 aromatic rings. The molecular formula is C42H39N3O. The lowest BCUT2D eigenvalue weighted by Gasteiger charge is -2.12. The molecule has 1 aliphatic carbocycles. The van der Waals surface area contributed by atoms with Crippen LogP contribution in [0.15, 0.2) is 164 Å². The third kappa shape index (κ3) is 6.64. The van der Waals surface area contributed by atoms with E-state index in [1.807, 2.05) is 30.4 Å². The van der Waals surface area contributed by atoms with Gasteiger partial charge in [0.15, 0.2) is 12.0 Å². The van der Waals surface area contributed by atoms with Crippen molar-refractivity contribution in [3.05, 3.63) is 181 Å². The van der Waals surface area contributed by atoms with Crippen molar-refractivity contribution < 1.29 is 4.74 Å². The maximum atomic E-state index is 6.33. The van der Waals surface area contributed by atoms with Crippen molar-refractivity contribution in [3.8, 4) is 5.75 Å². The van der Waals surface area contributed by atoms with Gasteiger partial charge in [-0.15, -0.1) is 0 Å². The Hall–Kier alpha value is -5.42. The largest absolute Gasteiger partial charge is 0.464 e. The van der Waals surface area contributed by atoms with Gasteiger partial charge in [0, 0.05) is 16.9 Å². The molecule has 2 aliphatic rings. The van der Waals surface area contributed by atoms with E-state index in [4.69, 9.17) is 4.74 Å². The molecule has 0 bridgehead atoms. The molecule has 4 nitrogen and oxygen atoms in total. The normalized spacial score (nSPS) is 16.2. The fraction of sp³-hybridized carbons (Fsp3) is 0.0952. The van der Waals surface area contributed by atoms with Gasteiger partial charge in [0.1, 0.15) is 0 Å². The van der Waals surface area contributed by atoms with Gasteiger partial charge in [0.25, 0.3) is 0 Å². The number of fused-ring (bicyclic) bond motifs is 6. The van der Waals surface area contributed by atoms with Crippen LogP contribution in [0, 0.1) is 6.92 Å². The van der Waals surface area contributed by atoms with Crippen LogP contribution in [-0.2, 0) is 0 Å². The quantitative estimate of drug-likeness (QED) is 0.0584. The summed E-state index contributed by atoms with van der Waals surface area (Å²) in [6, 6.07) is 40.8. The molecule has 0 radical (unpaired) electrons. The molecule has 46 heavy (non-hydrogen) atoms. The van der Waals surface area contributed by atoms with Crippen LogP contribution in [0.25, 0.3) is 32.3 Å². The van der Waals surface area contributed by atoms with Crippen molar-refractivity contribution in [1.29, 1.82) is 0 Å². The number of hydrazine groups is 1. The summed E-state index contributed by atoms with van der Waals surface area (Å²) in [5, 5.41) is 11.0. The molecule has 8 rings (SSSR count). The Bertz CT molecular complexity index is 2090. The topological polar surface area (TPSA) is 73.3 Å². The van der Waals surface area contributed by atoms with Crippen LogP contribution in [0.1, 0.15) is 35.3 Å². The van der Waals surface area contributed by atoms with Crippen LogP contribution in [0.2, 0.25) is 0 Å². The lowest BCUT2D eigenvalue weighted by Crippen LogP contribution is -2.09. The van der Waals surface area contributed by atoms with E-state index in [2.05, 4.69) is 146 Å². The highest BCUT2D eigenvalue weighted by Crippen LogP contribution is 2.46. The summed E-state index contributed by atoms with van der Waals surface area (Å²) in [5.74, 6) is 9.50. The van der Waals surface area contributed by atoms with Crippen molar-refractivity contribution in [2.75, 3.05) is 5.32 Å². The van der Waals surface area contributed by atoms with Crippen LogP contribution < -0.4 is 21.7 Å². The molecular weight excluding hydrogens is 562 g/mol. The van der Waals surface area contributed by atoms with E-state index in [9.17, 15) is 0 Å². The number of aryl methyl sites for hydroxylation is 1. The molecule has 0 saturated carbocycles. The van der Waals surface area contributed by atoms with Gasteiger partial charge < -0.3 is 10.1 Å². The number of rotatable bonds is 6. The molecule has 1 aliphatic heterocycles. The zero-order valence-corrected chi connectivity index (χ0v) is 26.1. The molecule has 2 unspecified atom stereocenters. The summed E-state index contributed by atoms with van der Waals surface area (Å²) in [5.41, 5.74) is 6.40. The fourth-order valence-electron chi connectivity index (χ4n) is 6.04. The van der Waals surface area contributed by atoms with Crippen LogP contribution in [-0.4, -0.2) is 0 Å². The fourth-order valence-corrected chi connectivity index (χ4v) is 6.04. The van der Waals surface area contributed by atoms with Gasteiger partial charge in [-0.25, -0.2) is 0 Å². The zero-order valence-electron chi connectivity index (χ0n) is 26.1. The molecule has 2 atom stereocenters. The summed E-state index contributed by atoms with van der Waals surface area (Å²) in [4.78, 5) is 0. The minimum atomic E-state index is -0.132. The molecule has 0 spiro atoms. The SMILES string of the molecule is C=C/C=C\C=C/CC1=CC1c1ccc2ccccc2c1.Cc1ccc2c(ccc3ccc4c(c32)OC(c2ccccc2)N4)c1.NN. The van der Waals surface area contributed by atoms with Crippen molar-refractivity contribution in [2.45, 2.75) is 25.5 Å². The summed E-state index contributed by atoms with van der Waals surface area (Å²) in [6.07, 6.45) is 13.3. The van der Waals surface area contributed by atoms with Crippen LogP contribution in [0.5, 0.6) is 5.75 Å². The van der Waals surface area contributed by atoms with Gasteiger partial charge in [0.2, 0.25) is 0 Å². The molecule has 6 aromatic carbocycles. The molecule has 228 valence electrons. The summed E-state index contributed by atoms with van der Waals surface area (Å²) < 4.78 is 6.33. The summed E-state index contributed by atoms with van der Waals surface area (Å²) in [6.45, 7) is 5.78. The van der Waals surface area contributed by atoms with Crippen molar-refractivity contribution in [3.63, 3.8) is 0 Å².